The first-order chi connectivity index (χ1) is 14.4. The van der Waals surface area contributed by atoms with Gasteiger partial charge in [-0.05, 0) is 23.6 Å². The van der Waals surface area contributed by atoms with Gasteiger partial charge in [-0.25, -0.2) is 39.5 Å². The first-order valence-corrected chi connectivity index (χ1v) is 10.2. The summed E-state index contributed by atoms with van der Waals surface area (Å²) in [6, 6.07) is 0.969. The molecular formula is C19H10F9P3. The van der Waals surface area contributed by atoms with Crippen LogP contribution in [-0.2, 0) is 6.16 Å². The van der Waals surface area contributed by atoms with E-state index in [0.717, 1.165) is 0 Å². The van der Waals surface area contributed by atoms with Crippen LogP contribution in [0.5, 0.6) is 0 Å². The van der Waals surface area contributed by atoms with Crippen LogP contribution < -0.4 is 10.6 Å². The molecule has 3 aromatic carbocycles. The third-order valence-electron chi connectivity index (χ3n) is 4.50. The fourth-order valence-corrected chi connectivity index (χ4v) is 4.18. The topological polar surface area (TPSA) is 0 Å². The molecule has 3 unspecified atom stereocenters. The standard InChI is InChI=1S/C19H10F9P3/c20-5-1-7(30)11(12-14(23)6(21)2-8(31)15(12)24)16(25)10(5)9-4(3-29)13(22)18(27)19(28)17(9)26/h1-2H,3,29-31H2. The summed E-state index contributed by atoms with van der Waals surface area (Å²) in [7, 11) is 5.39. The largest absolute Gasteiger partial charge is 0.206 e. The van der Waals surface area contributed by atoms with Gasteiger partial charge in [-0.15, -0.1) is 27.7 Å². The van der Waals surface area contributed by atoms with E-state index >= 15 is 4.39 Å². The molecule has 0 saturated carbocycles. The van der Waals surface area contributed by atoms with Gasteiger partial charge < -0.3 is 0 Å². The zero-order valence-electron chi connectivity index (χ0n) is 15.0. The average molecular weight is 502 g/mol. The lowest BCUT2D eigenvalue weighted by molar-refractivity contribution is 0.406. The average Bonchev–Trinajstić information content (AvgIpc) is 2.71. The van der Waals surface area contributed by atoms with Crippen LogP contribution in [0.1, 0.15) is 5.56 Å². The third-order valence-corrected chi connectivity index (χ3v) is 5.79. The molecule has 0 aliphatic carbocycles. The molecule has 0 fully saturated rings. The maximum Gasteiger partial charge on any atom is 0.198 e. The normalized spacial score (nSPS) is 11.4. The van der Waals surface area contributed by atoms with Crippen molar-refractivity contribution in [2.45, 2.75) is 6.16 Å². The van der Waals surface area contributed by atoms with Crippen molar-refractivity contribution in [3.63, 3.8) is 0 Å². The summed E-state index contributed by atoms with van der Waals surface area (Å²) in [6.45, 7) is 0. The van der Waals surface area contributed by atoms with Crippen molar-refractivity contribution in [2.75, 3.05) is 0 Å². The number of hydrogen-bond acceptors (Lipinski definition) is 0. The summed E-state index contributed by atoms with van der Waals surface area (Å²) in [5.41, 5.74) is -5.92. The lowest BCUT2D eigenvalue weighted by Crippen LogP contribution is -2.14. The molecular weight excluding hydrogens is 492 g/mol. The molecule has 0 saturated heterocycles. The van der Waals surface area contributed by atoms with Crippen molar-refractivity contribution in [1.82, 2.24) is 0 Å². The zero-order valence-corrected chi connectivity index (χ0v) is 18.5. The Balaban J connectivity index is 2.53. The number of rotatable bonds is 3. The molecule has 0 aliphatic rings. The van der Waals surface area contributed by atoms with Gasteiger partial charge >= 0.3 is 0 Å². The highest BCUT2D eigenvalue weighted by Gasteiger charge is 2.32. The highest BCUT2D eigenvalue weighted by Crippen LogP contribution is 2.40. The van der Waals surface area contributed by atoms with Crippen molar-refractivity contribution in [3.8, 4) is 22.3 Å². The van der Waals surface area contributed by atoms with E-state index in [1.54, 1.807) is 18.5 Å². The monoisotopic (exact) mass is 502 g/mol. The molecule has 0 aliphatic heterocycles. The van der Waals surface area contributed by atoms with Crippen LogP contribution in [0.15, 0.2) is 12.1 Å². The van der Waals surface area contributed by atoms with E-state index in [1.807, 2.05) is 9.24 Å². The maximum absolute atomic E-state index is 15.4. The van der Waals surface area contributed by atoms with Crippen LogP contribution >= 0.6 is 27.7 Å². The number of benzene rings is 3. The third kappa shape index (κ3) is 3.75. The molecule has 0 spiro atoms. The fourth-order valence-electron chi connectivity index (χ4n) is 3.09. The zero-order chi connectivity index (χ0) is 23.4. The van der Waals surface area contributed by atoms with Crippen LogP contribution in [0, 0.1) is 52.4 Å². The molecule has 0 radical (unpaired) electrons. The Morgan fingerprint density at radius 2 is 1.03 bits per heavy atom. The summed E-state index contributed by atoms with van der Waals surface area (Å²) in [5.74, 6) is -16.7. The maximum atomic E-state index is 15.4. The predicted octanol–water partition coefficient (Wildman–Crippen LogP) is 5.65. The quantitative estimate of drug-likeness (QED) is 0.188. The molecule has 0 N–H and O–H groups in total. The number of hydrogen-bond donors (Lipinski definition) is 0. The molecule has 0 nitrogen and oxygen atoms in total. The summed E-state index contributed by atoms with van der Waals surface area (Å²) < 4.78 is 129. The van der Waals surface area contributed by atoms with Crippen LogP contribution in [0.25, 0.3) is 22.3 Å². The van der Waals surface area contributed by atoms with Crippen molar-refractivity contribution >= 4 is 38.3 Å². The Hall–Kier alpha value is -1.68. The Kier molecular flexibility index (Phi) is 6.72. The molecule has 31 heavy (non-hydrogen) atoms. The Morgan fingerprint density at radius 3 is 1.61 bits per heavy atom. The van der Waals surface area contributed by atoms with Crippen LogP contribution in [0.4, 0.5) is 39.5 Å². The highest BCUT2D eigenvalue weighted by atomic mass is 31.0. The van der Waals surface area contributed by atoms with E-state index in [0.29, 0.717) is 12.1 Å². The second kappa shape index (κ2) is 8.69. The Morgan fingerprint density at radius 1 is 0.484 bits per heavy atom. The predicted molar refractivity (Wildman–Crippen MR) is 109 cm³/mol. The minimum absolute atomic E-state index is 0.473. The van der Waals surface area contributed by atoms with Crippen molar-refractivity contribution in [2.24, 2.45) is 0 Å². The van der Waals surface area contributed by atoms with E-state index in [-0.39, 0.29) is 0 Å². The minimum atomic E-state index is -2.33. The molecule has 0 amide bonds. The second-order valence-corrected chi connectivity index (χ2v) is 7.93. The fraction of sp³-hybridized carbons (Fsp3) is 0.0526. The summed E-state index contributed by atoms with van der Waals surface area (Å²) in [6.07, 6.45) is -0.593. The molecule has 3 atom stereocenters. The molecule has 0 bridgehead atoms. The molecule has 3 aromatic rings. The molecule has 12 heteroatoms. The van der Waals surface area contributed by atoms with E-state index in [2.05, 4.69) is 0 Å². The number of halogens is 9. The van der Waals surface area contributed by atoms with Gasteiger partial charge in [0.15, 0.2) is 34.9 Å². The van der Waals surface area contributed by atoms with Gasteiger partial charge in [0.05, 0.1) is 11.1 Å². The lowest BCUT2D eigenvalue weighted by Gasteiger charge is -2.18. The van der Waals surface area contributed by atoms with Crippen LogP contribution in [-0.4, -0.2) is 0 Å². The van der Waals surface area contributed by atoms with E-state index in [1.165, 1.54) is 0 Å². The second-order valence-electron chi connectivity index (χ2n) is 6.28. The smallest absolute Gasteiger partial charge is 0.198 e. The molecule has 3 rings (SSSR count). The first-order valence-electron chi connectivity index (χ1n) is 8.19. The van der Waals surface area contributed by atoms with Crippen LogP contribution in [0.3, 0.4) is 0 Å². The summed E-state index contributed by atoms with van der Waals surface area (Å²) in [4.78, 5) is 0. The van der Waals surface area contributed by atoms with Gasteiger partial charge in [-0.3, -0.25) is 0 Å². The van der Waals surface area contributed by atoms with Gasteiger partial charge in [0.2, 0.25) is 0 Å². The highest BCUT2D eigenvalue weighted by molar-refractivity contribution is 7.28. The Labute approximate surface area is 176 Å². The summed E-state index contributed by atoms with van der Waals surface area (Å²) in [5, 5.41) is -0.998. The van der Waals surface area contributed by atoms with E-state index in [4.69, 9.17) is 0 Å². The molecule has 0 aromatic heterocycles. The van der Waals surface area contributed by atoms with Crippen LogP contribution in [0.2, 0.25) is 0 Å². The van der Waals surface area contributed by atoms with Crippen molar-refractivity contribution in [3.05, 3.63) is 70.1 Å². The molecule has 164 valence electrons. The molecule has 0 heterocycles. The van der Waals surface area contributed by atoms with Gasteiger partial charge in [0.25, 0.3) is 0 Å². The van der Waals surface area contributed by atoms with Gasteiger partial charge in [-0.1, -0.05) is 0 Å². The van der Waals surface area contributed by atoms with Gasteiger partial charge in [-0.2, -0.15) is 0 Å². The Bertz CT molecular complexity index is 1220. The first kappa shape index (κ1) is 24.0. The van der Waals surface area contributed by atoms with Crippen molar-refractivity contribution < 1.29 is 39.5 Å². The lowest BCUT2D eigenvalue weighted by atomic mass is 9.93. The SMILES string of the molecule is Fc1cc(P)c(F)c(-c2c(P)cc(F)c(-c3c(F)c(F)c(F)c(F)c3CP)c2F)c1F. The van der Waals surface area contributed by atoms with E-state index < -0.39 is 96.9 Å². The van der Waals surface area contributed by atoms with Gasteiger partial charge in [0.1, 0.15) is 17.5 Å². The van der Waals surface area contributed by atoms with Crippen molar-refractivity contribution in [1.29, 1.82) is 0 Å². The van der Waals surface area contributed by atoms with E-state index in [9.17, 15) is 35.1 Å². The minimum Gasteiger partial charge on any atom is -0.206 e. The summed E-state index contributed by atoms with van der Waals surface area (Å²) >= 11 is 0. The van der Waals surface area contributed by atoms with Gasteiger partial charge in [0, 0.05) is 22.0 Å².